The van der Waals surface area contributed by atoms with Crippen LogP contribution in [0.5, 0.6) is 11.5 Å². The highest BCUT2D eigenvalue weighted by Gasteiger charge is 2.55. The lowest BCUT2D eigenvalue weighted by atomic mass is 9.81. The van der Waals surface area contributed by atoms with E-state index in [4.69, 9.17) is 21.1 Å². The normalized spacial score (nSPS) is 28.5. The van der Waals surface area contributed by atoms with Gasteiger partial charge in [-0.15, -0.1) is 11.6 Å². The number of ether oxygens (including phenoxy) is 2. The minimum absolute atomic E-state index is 0.00252. The zero-order valence-corrected chi connectivity index (χ0v) is 20.2. The lowest BCUT2D eigenvalue weighted by molar-refractivity contribution is -0.177. The zero-order valence-electron chi connectivity index (χ0n) is 18.7. The molecule has 1 aromatic rings. The zero-order chi connectivity index (χ0) is 24.3. The van der Waals surface area contributed by atoms with Crippen molar-refractivity contribution in [2.45, 2.75) is 29.9 Å². The van der Waals surface area contributed by atoms with Gasteiger partial charge in [0.15, 0.2) is 11.5 Å². The number of carbonyl (C=O) groups is 1. The van der Waals surface area contributed by atoms with Gasteiger partial charge in [-0.2, -0.15) is 13.2 Å². The summed E-state index contributed by atoms with van der Waals surface area (Å²) >= 11 is 8.87. The van der Waals surface area contributed by atoms with Crippen LogP contribution in [0, 0.1) is 5.92 Å². The molecule has 4 aliphatic rings. The molecule has 34 heavy (non-hydrogen) atoms. The number of ketones is 1. The number of allylic oxidation sites excluding steroid dienone is 2. The average Bonchev–Trinajstić information content (AvgIpc) is 2.98. The van der Waals surface area contributed by atoms with Crippen molar-refractivity contribution in [1.82, 2.24) is 10.2 Å². The Bertz CT molecular complexity index is 1130. The molecule has 0 saturated carbocycles. The van der Waals surface area contributed by atoms with Crippen LogP contribution >= 0.6 is 23.4 Å². The highest BCUT2D eigenvalue weighted by molar-refractivity contribution is 8.06. The molecule has 1 saturated heterocycles. The molecule has 1 N–H and O–H groups in total. The number of hydrogen-bond acceptors (Lipinski definition) is 6. The molecule has 0 radical (unpaired) electrons. The van der Waals surface area contributed by atoms with E-state index in [1.54, 1.807) is 14.2 Å². The summed E-state index contributed by atoms with van der Waals surface area (Å²) < 4.78 is 51.2. The van der Waals surface area contributed by atoms with Crippen LogP contribution in [0.15, 0.2) is 51.4 Å². The van der Waals surface area contributed by atoms with Crippen molar-refractivity contribution >= 4 is 29.1 Å². The number of piperidine rings is 1. The molecule has 1 fully saturated rings. The maximum Gasteiger partial charge on any atom is 0.450 e. The predicted octanol–water partition coefficient (Wildman–Crippen LogP) is 4.74. The largest absolute Gasteiger partial charge is 0.493 e. The molecule has 1 aliphatic carbocycles. The van der Waals surface area contributed by atoms with E-state index < -0.39 is 28.8 Å². The van der Waals surface area contributed by atoms with E-state index >= 15 is 0 Å². The number of rotatable bonds is 4. The van der Waals surface area contributed by atoms with Gasteiger partial charge >= 0.3 is 6.18 Å². The Morgan fingerprint density at radius 2 is 2.03 bits per heavy atom. The lowest BCUT2D eigenvalue weighted by Gasteiger charge is -2.40. The van der Waals surface area contributed by atoms with Crippen molar-refractivity contribution in [3.63, 3.8) is 0 Å². The average molecular weight is 513 g/mol. The molecule has 10 heteroatoms. The highest BCUT2D eigenvalue weighted by atomic mass is 35.5. The number of alkyl halides is 4. The number of thioether (sulfide) groups is 1. The number of Topliss-reactive ketones (excluding diaryl/α,β-unsaturated/α-hetero) is 1. The lowest BCUT2D eigenvalue weighted by Crippen LogP contribution is -2.53. The van der Waals surface area contributed by atoms with E-state index in [9.17, 15) is 18.0 Å². The van der Waals surface area contributed by atoms with Gasteiger partial charge in [0.1, 0.15) is 4.87 Å². The van der Waals surface area contributed by atoms with Crippen molar-refractivity contribution in [2.75, 3.05) is 33.9 Å². The van der Waals surface area contributed by atoms with Crippen LogP contribution in [0.2, 0.25) is 0 Å². The van der Waals surface area contributed by atoms with E-state index in [0.29, 0.717) is 37.4 Å². The number of hydrogen-bond donors (Lipinski definition) is 1. The Kier molecular flexibility index (Phi) is 5.93. The molecular formula is C24H24ClF3N2O3S. The van der Waals surface area contributed by atoms with Gasteiger partial charge in [0, 0.05) is 24.5 Å². The first kappa shape index (κ1) is 23.6. The number of methoxy groups -OCH3 is 2. The van der Waals surface area contributed by atoms with E-state index in [-0.39, 0.29) is 6.54 Å². The molecule has 3 unspecified atom stereocenters. The van der Waals surface area contributed by atoms with Crippen molar-refractivity contribution in [3.8, 4) is 11.5 Å². The van der Waals surface area contributed by atoms with Crippen molar-refractivity contribution < 1.29 is 27.4 Å². The van der Waals surface area contributed by atoms with Crippen molar-refractivity contribution in [2.24, 2.45) is 5.92 Å². The van der Waals surface area contributed by atoms with Gasteiger partial charge in [-0.05, 0) is 47.1 Å². The Labute approximate surface area is 205 Å². The van der Waals surface area contributed by atoms with Crippen molar-refractivity contribution in [1.29, 1.82) is 0 Å². The second-order valence-corrected chi connectivity index (χ2v) is 10.3. The Morgan fingerprint density at radius 3 is 2.74 bits per heavy atom. The maximum atomic E-state index is 13.5. The first-order chi connectivity index (χ1) is 16.2. The third-order valence-corrected chi connectivity index (χ3v) is 8.86. The first-order valence-corrected chi connectivity index (χ1v) is 12.2. The second-order valence-electron chi connectivity index (χ2n) is 8.74. The minimum atomic E-state index is -4.88. The van der Waals surface area contributed by atoms with Crippen LogP contribution in [0.3, 0.4) is 0 Å². The van der Waals surface area contributed by atoms with Gasteiger partial charge in [-0.25, -0.2) is 0 Å². The summed E-state index contributed by atoms with van der Waals surface area (Å²) in [7, 11) is 3.12. The second kappa shape index (κ2) is 8.53. The molecule has 5 rings (SSSR count). The highest BCUT2D eigenvalue weighted by Crippen LogP contribution is 2.58. The Balaban J connectivity index is 1.64. The Hall–Kier alpha value is -2.10. The van der Waals surface area contributed by atoms with E-state index in [1.807, 2.05) is 34.6 Å². The standard InChI is InChI=1S/C24H24ClF3N2O3S/c1-32-17-5-4-13(10-18(17)33-2)23(25)7-6-14-15-11-29-12-16(21(31)24(26,27)28)19(15)30-8-3-9-34-22(23)20(14)30/h3-5,9-10,16,19,29H,6-8,11-12H2,1-2H3. The topological polar surface area (TPSA) is 50.8 Å². The molecule has 0 bridgehead atoms. The molecule has 0 amide bonds. The van der Waals surface area contributed by atoms with Gasteiger partial charge in [0.25, 0.3) is 0 Å². The van der Waals surface area contributed by atoms with E-state index in [2.05, 4.69) is 5.32 Å². The van der Waals surface area contributed by atoms with Gasteiger partial charge < -0.3 is 19.7 Å². The maximum absolute atomic E-state index is 13.5. The molecule has 0 spiro atoms. The van der Waals surface area contributed by atoms with Crippen LogP contribution in [-0.2, 0) is 9.67 Å². The van der Waals surface area contributed by atoms with Gasteiger partial charge in [0.2, 0.25) is 5.78 Å². The minimum Gasteiger partial charge on any atom is -0.493 e. The Morgan fingerprint density at radius 1 is 1.26 bits per heavy atom. The summed E-state index contributed by atoms with van der Waals surface area (Å²) in [5.41, 5.74) is 3.59. The van der Waals surface area contributed by atoms with Crippen LogP contribution in [0.25, 0.3) is 0 Å². The summed E-state index contributed by atoms with van der Waals surface area (Å²) in [6.45, 7) is 0.885. The molecule has 1 aromatic carbocycles. The molecule has 0 aromatic heterocycles. The van der Waals surface area contributed by atoms with Gasteiger partial charge in [-0.1, -0.05) is 23.9 Å². The number of halogens is 4. The molecule has 3 atom stereocenters. The van der Waals surface area contributed by atoms with Crippen LogP contribution in [0.1, 0.15) is 18.4 Å². The fourth-order valence-electron chi connectivity index (χ4n) is 5.55. The third-order valence-electron chi connectivity index (χ3n) is 7.05. The number of nitrogens with zero attached hydrogens (tertiary/aromatic N) is 1. The monoisotopic (exact) mass is 512 g/mol. The molecule has 182 valence electrons. The molecule has 3 heterocycles. The SMILES string of the molecule is COc1ccc(C2(Cl)CCC3=C4CNCC(C(=O)C(F)(F)F)C4N4CC=CSC2=C34)cc1OC. The van der Waals surface area contributed by atoms with E-state index in [1.165, 1.54) is 11.8 Å². The molecule has 5 nitrogen and oxygen atoms in total. The quantitative estimate of drug-likeness (QED) is 0.588. The summed E-state index contributed by atoms with van der Waals surface area (Å²) in [5.74, 6) is -1.73. The molecular weight excluding hydrogens is 489 g/mol. The number of benzene rings is 1. The first-order valence-electron chi connectivity index (χ1n) is 11.0. The predicted molar refractivity (Wildman–Crippen MR) is 125 cm³/mol. The van der Waals surface area contributed by atoms with E-state index in [0.717, 1.165) is 27.3 Å². The number of fused-ring (bicyclic) bond motifs is 2. The molecule has 3 aliphatic heterocycles. The summed E-state index contributed by atoms with van der Waals surface area (Å²) in [6.07, 6.45) is -1.78. The third kappa shape index (κ3) is 3.55. The number of nitrogens with one attached hydrogen (secondary N) is 1. The summed E-state index contributed by atoms with van der Waals surface area (Å²) in [4.78, 5) is 14.3. The van der Waals surface area contributed by atoms with Crippen LogP contribution in [-0.4, -0.2) is 56.8 Å². The summed E-state index contributed by atoms with van der Waals surface area (Å²) in [5, 5.41) is 4.99. The van der Waals surface area contributed by atoms with Gasteiger partial charge in [-0.3, -0.25) is 4.79 Å². The van der Waals surface area contributed by atoms with Crippen molar-refractivity contribution in [3.05, 3.63) is 57.0 Å². The van der Waals surface area contributed by atoms with Gasteiger partial charge in [0.05, 0.1) is 31.9 Å². The smallest absolute Gasteiger partial charge is 0.450 e. The summed E-state index contributed by atoms with van der Waals surface area (Å²) in [6, 6.07) is 4.95. The fourth-order valence-corrected chi connectivity index (χ4v) is 7.06. The number of carbonyl (C=O) groups excluding carboxylic acids is 1. The van der Waals surface area contributed by atoms with Crippen LogP contribution in [0.4, 0.5) is 13.2 Å². The van der Waals surface area contributed by atoms with Crippen LogP contribution < -0.4 is 14.8 Å². The fraction of sp³-hybridized carbons (Fsp3) is 0.458.